The van der Waals surface area contributed by atoms with Gasteiger partial charge in [0.15, 0.2) is 5.03 Å². The maximum absolute atomic E-state index is 12.8. The van der Waals surface area contributed by atoms with Gasteiger partial charge in [-0.25, -0.2) is 23.0 Å². The van der Waals surface area contributed by atoms with E-state index in [1.54, 1.807) is 12.1 Å². The van der Waals surface area contributed by atoms with Crippen molar-refractivity contribution in [1.29, 1.82) is 0 Å². The summed E-state index contributed by atoms with van der Waals surface area (Å²) in [5.74, 6) is -1.68. The van der Waals surface area contributed by atoms with E-state index in [4.69, 9.17) is 0 Å². The zero-order valence-electron chi connectivity index (χ0n) is 13.3. The highest BCUT2D eigenvalue weighted by molar-refractivity contribution is 7.91. The van der Waals surface area contributed by atoms with E-state index in [2.05, 4.69) is 14.5 Å². The molecule has 0 amide bonds. The molecule has 0 fully saturated rings. The van der Waals surface area contributed by atoms with Crippen molar-refractivity contribution >= 4 is 21.8 Å². The molecule has 0 spiro atoms. The van der Waals surface area contributed by atoms with Crippen molar-refractivity contribution < 1.29 is 27.5 Å². The van der Waals surface area contributed by atoms with Gasteiger partial charge in [-0.2, -0.15) is 0 Å². The summed E-state index contributed by atoms with van der Waals surface area (Å²) in [6.45, 7) is 1.81. The van der Waals surface area contributed by atoms with E-state index in [1.165, 1.54) is 24.3 Å². The van der Waals surface area contributed by atoms with Crippen LogP contribution in [0, 0.1) is 6.92 Å². The van der Waals surface area contributed by atoms with E-state index in [-0.39, 0.29) is 16.2 Å². The minimum atomic E-state index is -4.13. The fourth-order valence-corrected chi connectivity index (χ4v) is 3.33. The number of sulfone groups is 1. The van der Waals surface area contributed by atoms with Crippen LogP contribution in [0.1, 0.15) is 26.4 Å². The number of pyridine rings is 1. The molecule has 0 aliphatic rings. The lowest BCUT2D eigenvalue weighted by Gasteiger charge is -2.10. The number of esters is 2. The van der Waals surface area contributed by atoms with Gasteiger partial charge in [0, 0.05) is 0 Å². The van der Waals surface area contributed by atoms with Crippen molar-refractivity contribution in [2.75, 3.05) is 14.2 Å². The molecule has 7 nitrogen and oxygen atoms in total. The number of carbonyl (C=O) groups excluding carboxylic acids is 2. The number of carbonyl (C=O) groups is 2. The Hall–Kier alpha value is -2.74. The van der Waals surface area contributed by atoms with E-state index in [0.29, 0.717) is 0 Å². The second-order valence-corrected chi connectivity index (χ2v) is 6.71. The van der Waals surface area contributed by atoms with Crippen molar-refractivity contribution in [1.82, 2.24) is 4.98 Å². The van der Waals surface area contributed by atoms with Crippen LogP contribution >= 0.6 is 0 Å². The first-order chi connectivity index (χ1) is 11.3. The summed E-state index contributed by atoms with van der Waals surface area (Å²) >= 11 is 0. The maximum Gasteiger partial charge on any atom is 0.356 e. The number of rotatable bonds is 4. The van der Waals surface area contributed by atoms with E-state index >= 15 is 0 Å². The number of benzene rings is 1. The van der Waals surface area contributed by atoms with Gasteiger partial charge in [-0.3, -0.25) is 0 Å². The van der Waals surface area contributed by atoms with Crippen molar-refractivity contribution in [3.05, 3.63) is 53.2 Å². The Morgan fingerprint density at radius 1 is 0.917 bits per heavy atom. The Bertz CT molecular complexity index is 887. The van der Waals surface area contributed by atoms with Crippen molar-refractivity contribution in [2.24, 2.45) is 0 Å². The molecule has 8 heteroatoms. The predicted octanol–water partition coefficient (Wildman–Crippen LogP) is 1.80. The van der Waals surface area contributed by atoms with Crippen LogP contribution in [0.15, 0.2) is 46.3 Å². The zero-order chi connectivity index (χ0) is 17.9. The maximum atomic E-state index is 12.8. The molecular weight excluding hydrogens is 334 g/mol. The standard InChI is InChI=1S/C16H15NO6S/c1-10-4-6-11(7-5-10)24(20,21)14-12(15(18)22-2)8-9-13(17-14)16(19)23-3/h4-9H,1-3H3. The molecule has 126 valence electrons. The molecule has 2 aromatic rings. The average Bonchev–Trinajstić information content (AvgIpc) is 2.60. The van der Waals surface area contributed by atoms with Crippen molar-refractivity contribution in [3.8, 4) is 0 Å². The average molecular weight is 349 g/mol. The molecule has 0 saturated carbocycles. The second kappa shape index (κ2) is 6.79. The molecule has 0 atom stereocenters. The third-order valence-corrected chi connectivity index (χ3v) is 4.96. The molecular formula is C16H15NO6S. The molecule has 0 aliphatic heterocycles. The highest BCUT2D eigenvalue weighted by Gasteiger charge is 2.28. The third kappa shape index (κ3) is 3.28. The van der Waals surface area contributed by atoms with Gasteiger partial charge >= 0.3 is 11.9 Å². The number of ether oxygens (including phenoxy) is 2. The summed E-state index contributed by atoms with van der Waals surface area (Å²) in [5, 5.41) is -0.555. The van der Waals surface area contributed by atoms with E-state index in [0.717, 1.165) is 19.8 Å². The number of hydrogen-bond acceptors (Lipinski definition) is 7. The summed E-state index contributed by atoms with van der Waals surface area (Å²) < 4.78 is 34.8. The van der Waals surface area contributed by atoms with E-state index < -0.39 is 26.8 Å². The van der Waals surface area contributed by atoms with E-state index in [1.807, 2.05) is 6.92 Å². The largest absolute Gasteiger partial charge is 0.465 e. The van der Waals surface area contributed by atoms with Gasteiger partial charge < -0.3 is 9.47 Å². The number of nitrogens with zero attached hydrogens (tertiary/aromatic N) is 1. The Kier molecular flexibility index (Phi) is 4.99. The molecule has 0 N–H and O–H groups in total. The lowest BCUT2D eigenvalue weighted by Crippen LogP contribution is -2.16. The van der Waals surface area contributed by atoms with E-state index in [9.17, 15) is 18.0 Å². The Balaban J connectivity index is 2.70. The first-order valence-corrected chi connectivity index (χ1v) is 8.29. The third-order valence-electron chi connectivity index (χ3n) is 3.25. The summed E-state index contributed by atoms with van der Waals surface area (Å²) in [4.78, 5) is 27.3. The predicted molar refractivity (Wildman–Crippen MR) is 83.5 cm³/mol. The Morgan fingerprint density at radius 2 is 1.50 bits per heavy atom. The van der Waals surface area contributed by atoms with Crippen LogP contribution in [0.3, 0.4) is 0 Å². The van der Waals surface area contributed by atoms with Gasteiger partial charge in [-0.15, -0.1) is 0 Å². The number of aromatic nitrogens is 1. The van der Waals surface area contributed by atoms with Crippen molar-refractivity contribution in [3.63, 3.8) is 0 Å². The van der Waals surface area contributed by atoms with Gasteiger partial charge in [0.05, 0.1) is 24.7 Å². The minimum Gasteiger partial charge on any atom is -0.465 e. The van der Waals surface area contributed by atoms with Crippen LogP contribution in [0.4, 0.5) is 0 Å². The lowest BCUT2D eigenvalue weighted by atomic mass is 10.2. The molecule has 0 unspecified atom stereocenters. The van der Waals surface area contributed by atoms with Crippen molar-refractivity contribution in [2.45, 2.75) is 16.8 Å². The first-order valence-electron chi connectivity index (χ1n) is 6.80. The molecule has 0 aliphatic carbocycles. The fraction of sp³-hybridized carbons (Fsp3) is 0.188. The lowest BCUT2D eigenvalue weighted by molar-refractivity contribution is 0.0576. The Morgan fingerprint density at radius 3 is 2.04 bits per heavy atom. The SMILES string of the molecule is COC(=O)c1ccc(C(=O)OC)c(S(=O)(=O)c2ccc(C)cc2)n1. The molecule has 0 radical (unpaired) electrons. The Labute approximate surface area is 139 Å². The highest BCUT2D eigenvalue weighted by atomic mass is 32.2. The fourth-order valence-electron chi connectivity index (χ4n) is 1.96. The second-order valence-electron chi connectivity index (χ2n) is 4.85. The summed E-state index contributed by atoms with van der Waals surface area (Å²) in [6.07, 6.45) is 0. The van der Waals surface area contributed by atoms with Gasteiger partial charge in [0.1, 0.15) is 5.69 Å². The summed E-state index contributed by atoms with van der Waals surface area (Å²) in [6, 6.07) is 8.42. The molecule has 1 heterocycles. The summed E-state index contributed by atoms with van der Waals surface area (Å²) in [5.41, 5.74) is 0.389. The molecule has 0 bridgehead atoms. The van der Waals surface area contributed by atoms with Crippen LogP contribution in [-0.2, 0) is 19.3 Å². The quantitative estimate of drug-likeness (QED) is 0.776. The number of methoxy groups -OCH3 is 2. The molecule has 1 aromatic carbocycles. The van der Waals surface area contributed by atoms with Crippen LogP contribution in [-0.4, -0.2) is 39.6 Å². The molecule has 24 heavy (non-hydrogen) atoms. The number of hydrogen-bond donors (Lipinski definition) is 0. The zero-order valence-corrected chi connectivity index (χ0v) is 14.1. The van der Waals surface area contributed by atoms with Crippen LogP contribution in [0.2, 0.25) is 0 Å². The van der Waals surface area contributed by atoms with Gasteiger partial charge in [-0.1, -0.05) is 17.7 Å². The monoisotopic (exact) mass is 349 g/mol. The summed E-state index contributed by atoms with van der Waals surface area (Å²) in [7, 11) is -1.86. The number of aryl methyl sites for hydroxylation is 1. The van der Waals surface area contributed by atoms with Gasteiger partial charge in [0.2, 0.25) is 9.84 Å². The van der Waals surface area contributed by atoms with Gasteiger partial charge in [0.25, 0.3) is 0 Å². The first kappa shape index (κ1) is 17.6. The highest BCUT2D eigenvalue weighted by Crippen LogP contribution is 2.24. The normalized spacial score (nSPS) is 11.0. The molecule has 0 saturated heterocycles. The minimum absolute atomic E-state index is 0.0484. The van der Waals surface area contributed by atoms with Crippen LogP contribution in [0.5, 0.6) is 0 Å². The molecule has 1 aromatic heterocycles. The smallest absolute Gasteiger partial charge is 0.356 e. The molecule has 2 rings (SSSR count). The van der Waals surface area contributed by atoms with Gasteiger partial charge in [-0.05, 0) is 31.2 Å². The van der Waals surface area contributed by atoms with Crippen LogP contribution < -0.4 is 0 Å². The van der Waals surface area contributed by atoms with Crippen LogP contribution in [0.25, 0.3) is 0 Å². The topological polar surface area (TPSA) is 99.6 Å².